The number of hydrogen-bond acceptors (Lipinski definition) is 5. The quantitative estimate of drug-likeness (QED) is 0.702. The van der Waals surface area contributed by atoms with Crippen LogP contribution in [0.3, 0.4) is 0 Å². The molecular weight excluding hydrogens is 355 g/mol. The van der Waals surface area contributed by atoms with Gasteiger partial charge >= 0.3 is 0 Å². The highest BCUT2D eigenvalue weighted by Crippen LogP contribution is 2.36. The van der Waals surface area contributed by atoms with Crippen LogP contribution in [0.1, 0.15) is 12.8 Å². The zero-order chi connectivity index (χ0) is 18.3. The third kappa shape index (κ3) is 2.99. The van der Waals surface area contributed by atoms with Gasteiger partial charge in [-0.05, 0) is 49.2 Å². The number of benzene rings is 2. The van der Waals surface area contributed by atoms with Gasteiger partial charge in [-0.1, -0.05) is 0 Å². The van der Waals surface area contributed by atoms with E-state index in [0.717, 1.165) is 12.8 Å². The number of methoxy groups -OCH3 is 1. The maximum absolute atomic E-state index is 14.0. The summed E-state index contributed by atoms with van der Waals surface area (Å²) >= 11 is 0. The van der Waals surface area contributed by atoms with Crippen molar-refractivity contribution >= 4 is 20.6 Å². The Hall–Kier alpha value is -2.67. The third-order valence-electron chi connectivity index (χ3n) is 4.37. The standard InChI is InChI=1S/C19H17FN2O3S/c1-24-19-11-17-15(10-16(19)20)18(8-9-22-17)25-12-2-4-13(5-3-12)26(21,23)14-6-7-14/h2-5,8-11,14,21H,6-7H2,1H3. The molecular formula is C19H17FN2O3S. The van der Waals surface area contributed by atoms with E-state index in [9.17, 15) is 8.60 Å². The molecule has 0 radical (unpaired) electrons. The number of pyridine rings is 1. The Labute approximate surface area is 150 Å². The van der Waals surface area contributed by atoms with E-state index in [0.29, 0.717) is 27.3 Å². The van der Waals surface area contributed by atoms with Gasteiger partial charge < -0.3 is 9.47 Å². The first-order valence-electron chi connectivity index (χ1n) is 8.17. The smallest absolute Gasteiger partial charge is 0.165 e. The molecule has 1 N–H and O–H groups in total. The SMILES string of the molecule is COc1cc2nccc(Oc3ccc(S(=N)(=O)C4CC4)cc3)c2cc1F. The van der Waals surface area contributed by atoms with Gasteiger partial charge in [0, 0.05) is 27.8 Å². The van der Waals surface area contributed by atoms with Crippen molar-refractivity contribution in [1.82, 2.24) is 4.98 Å². The lowest BCUT2D eigenvalue weighted by Crippen LogP contribution is -2.04. The minimum Gasteiger partial charge on any atom is -0.494 e. The number of aromatic nitrogens is 1. The summed E-state index contributed by atoms with van der Waals surface area (Å²) in [7, 11) is -1.33. The van der Waals surface area contributed by atoms with Crippen molar-refractivity contribution in [3.63, 3.8) is 0 Å². The van der Waals surface area contributed by atoms with Crippen LogP contribution < -0.4 is 9.47 Å². The van der Waals surface area contributed by atoms with E-state index in [-0.39, 0.29) is 11.0 Å². The summed E-state index contributed by atoms with van der Waals surface area (Å²) in [5.41, 5.74) is 0.556. The van der Waals surface area contributed by atoms with Crippen molar-refractivity contribution in [2.45, 2.75) is 23.0 Å². The van der Waals surface area contributed by atoms with Crippen molar-refractivity contribution in [2.75, 3.05) is 7.11 Å². The Morgan fingerprint density at radius 1 is 1.15 bits per heavy atom. The van der Waals surface area contributed by atoms with Crippen molar-refractivity contribution < 1.29 is 18.1 Å². The van der Waals surface area contributed by atoms with Gasteiger partial charge in [-0.15, -0.1) is 0 Å². The normalized spacial score (nSPS) is 16.2. The molecule has 1 fully saturated rings. The lowest BCUT2D eigenvalue weighted by molar-refractivity contribution is 0.387. The summed E-state index contributed by atoms with van der Waals surface area (Å²) in [6.45, 7) is 0. The van der Waals surface area contributed by atoms with Gasteiger partial charge in [-0.25, -0.2) is 13.4 Å². The maximum Gasteiger partial charge on any atom is 0.165 e. The fourth-order valence-corrected chi connectivity index (χ4v) is 4.52. The molecule has 0 saturated heterocycles. The summed E-state index contributed by atoms with van der Waals surface area (Å²) in [5.74, 6) is 0.602. The van der Waals surface area contributed by atoms with Gasteiger partial charge in [0.1, 0.15) is 11.5 Å². The fourth-order valence-electron chi connectivity index (χ4n) is 2.80. The number of halogens is 1. The van der Waals surface area contributed by atoms with Crippen molar-refractivity contribution in [1.29, 1.82) is 4.78 Å². The molecule has 1 aliphatic rings. The van der Waals surface area contributed by atoms with Crippen LogP contribution in [0.25, 0.3) is 10.9 Å². The Balaban J connectivity index is 1.66. The topological polar surface area (TPSA) is 72.3 Å². The molecule has 1 atom stereocenters. The summed E-state index contributed by atoms with van der Waals surface area (Å²) in [5, 5.41) is 0.494. The molecule has 1 aromatic heterocycles. The lowest BCUT2D eigenvalue weighted by Gasteiger charge is -2.11. The Morgan fingerprint density at radius 3 is 2.54 bits per heavy atom. The number of rotatable bonds is 5. The van der Waals surface area contributed by atoms with E-state index in [4.69, 9.17) is 14.3 Å². The third-order valence-corrected chi connectivity index (χ3v) is 6.75. The number of nitrogens with zero attached hydrogens (tertiary/aromatic N) is 1. The van der Waals surface area contributed by atoms with Crippen LogP contribution in [0.15, 0.2) is 53.6 Å². The zero-order valence-electron chi connectivity index (χ0n) is 14.1. The molecule has 3 aromatic rings. The second-order valence-electron chi connectivity index (χ2n) is 6.19. The molecule has 0 aliphatic heterocycles. The molecule has 1 aliphatic carbocycles. The van der Waals surface area contributed by atoms with Gasteiger partial charge in [-0.2, -0.15) is 0 Å². The molecule has 0 spiro atoms. The van der Waals surface area contributed by atoms with E-state index < -0.39 is 15.5 Å². The summed E-state index contributed by atoms with van der Waals surface area (Å²) in [6, 6.07) is 11.2. The van der Waals surface area contributed by atoms with Crippen molar-refractivity contribution in [3.05, 3.63) is 54.5 Å². The molecule has 134 valence electrons. The van der Waals surface area contributed by atoms with E-state index in [2.05, 4.69) is 4.98 Å². The van der Waals surface area contributed by atoms with E-state index in [1.54, 1.807) is 36.5 Å². The average molecular weight is 372 g/mol. The molecule has 0 bridgehead atoms. The second kappa shape index (κ2) is 6.25. The monoisotopic (exact) mass is 372 g/mol. The van der Waals surface area contributed by atoms with Crippen molar-refractivity contribution in [2.24, 2.45) is 0 Å². The highest BCUT2D eigenvalue weighted by atomic mass is 32.2. The van der Waals surface area contributed by atoms with E-state index in [1.807, 2.05) is 0 Å². The lowest BCUT2D eigenvalue weighted by atomic mass is 10.2. The van der Waals surface area contributed by atoms with Crippen LogP contribution >= 0.6 is 0 Å². The molecule has 26 heavy (non-hydrogen) atoms. The Morgan fingerprint density at radius 2 is 1.88 bits per heavy atom. The van der Waals surface area contributed by atoms with Crippen LogP contribution in [-0.4, -0.2) is 21.6 Å². The second-order valence-corrected chi connectivity index (χ2v) is 8.53. The van der Waals surface area contributed by atoms with Crippen molar-refractivity contribution in [3.8, 4) is 17.2 Å². The number of nitrogens with one attached hydrogen (secondary N) is 1. The predicted octanol–water partition coefficient (Wildman–Crippen LogP) is 4.74. The summed E-state index contributed by atoms with van der Waals surface area (Å²) < 4.78 is 45.4. The average Bonchev–Trinajstić information content (AvgIpc) is 3.48. The minimum atomic E-state index is -2.73. The summed E-state index contributed by atoms with van der Waals surface area (Å²) in [6.07, 6.45) is 3.27. The molecule has 5 nitrogen and oxygen atoms in total. The molecule has 2 aromatic carbocycles. The first-order valence-corrected chi connectivity index (χ1v) is 9.79. The van der Waals surface area contributed by atoms with Crippen LogP contribution in [0.4, 0.5) is 4.39 Å². The highest BCUT2D eigenvalue weighted by Gasteiger charge is 2.33. The van der Waals surface area contributed by atoms with Gasteiger partial charge in [0.15, 0.2) is 11.6 Å². The highest BCUT2D eigenvalue weighted by molar-refractivity contribution is 7.93. The first kappa shape index (κ1) is 16.8. The van der Waals surface area contributed by atoms with Crippen LogP contribution in [-0.2, 0) is 9.73 Å². The molecule has 1 saturated carbocycles. The Bertz CT molecular complexity index is 1080. The first-order chi connectivity index (χ1) is 12.5. The molecule has 1 heterocycles. The fraction of sp³-hybridized carbons (Fsp3) is 0.211. The van der Waals surface area contributed by atoms with E-state index in [1.165, 1.54) is 19.2 Å². The molecule has 0 amide bonds. The maximum atomic E-state index is 14.0. The molecule has 7 heteroatoms. The van der Waals surface area contributed by atoms with Crippen LogP contribution in [0, 0.1) is 10.6 Å². The van der Waals surface area contributed by atoms with Gasteiger partial charge in [0.2, 0.25) is 0 Å². The van der Waals surface area contributed by atoms with Crippen LogP contribution in [0.5, 0.6) is 17.2 Å². The zero-order valence-corrected chi connectivity index (χ0v) is 14.9. The van der Waals surface area contributed by atoms with Gasteiger partial charge in [0.25, 0.3) is 0 Å². The van der Waals surface area contributed by atoms with E-state index >= 15 is 0 Å². The van der Waals surface area contributed by atoms with Gasteiger partial charge in [0.05, 0.1) is 22.4 Å². The summed E-state index contributed by atoms with van der Waals surface area (Å²) in [4.78, 5) is 4.73. The molecule has 1 unspecified atom stereocenters. The van der Waals surface area contributed by atoms with Crippen LogP contribution in [0.2, 0.25) is 0 Å². The van der Waals surface area contributed by atoms with Gasteiger partial charge in [-0.3, -0.25) is 4.98 Å². The largest absolute Gasteiger partial charge is 0.494 e. The minimum absolute atomic E-state index is 0.0311. The Kier molecular flexibility index (Phi) is 4.03. The number of hydrogen-bond donors (Lipinski definition) is 1. The number of fused-ring (bicyclic) bond motifs is 1. The predicted molar refractivity (Wildman–Crippen MR) is 96.9 cm³/mol. The molecule has 4 rings (SSSR count). The number of ether oxygens (including phenoxy) is 2.